The second kappa shape index (κ2) is 6.46. The Bertz CT molecular complexity index is 1390. The first-order valence-electron chi connectivity index (χ1n) is 9.35. The van der Waals surface area contributed by atoms with Crippen molar-refractivity contribution in [3.8, 4) is 5.95 Å². The van der Waals surface area contributed by atoms with Gasteiger partial charge < -0.3 is 0 Å². The third-order valence-corrected chi connectivity index (χ3v) is 5.14. The fourth-order valence-electron chi connectivity index (χ4n) is 3.92. The van der Waals surface area contributed by atoms with Crippen LogP contribution >= 0.6 is 0 Å². The summed E-state index contributed by atoms with van der Waals surface area (Å²) >= 11 is 0. The first-order valence-corrected chi connectivity index (χ1v) is 9.35. The summed E-state index contributed by atoms with van der Waals surface area (Å²) in [4.78, 5) is 9.53. The number of para-hydroxylation sites is 1. The lowest BCUT2D eigenvalue weighted by molar-refractivity contribution is 0.970. The van der Waals surface area contributed by atoms with Crippen LogP contribution in [0.3, 0.4) is 0 Å². The topological polar surface area (TPSA) is 30.7 Å². The minimum Gasteiger partial charge on any atom is -0.278 e. The maximum absolute atomic E-state index is 4.85. The van der Waals surface area contributed by atoms with Crippen molar-refractivity contribution in [1.82, 2.24) is 14.5 Å². The van der Waals surface area contributed by atoms with Crippen LogP contribution < -0.4 is 0 Å². The fourth-order valence-corrected chi connectivity index (χ4v) is 3.92. The third kappa shape index (κ3) is 2.37. The lowest BCUT2D eigenvalue weighted by Crippen LogP contribution is -2.03. The first-order chi connectivity index (χ1) is 13.8. The second-order valence-corrected chi connectivity index (χ2v) is 6.75. The van der Waals surface area contributed by atoms with Gasteiger partial charge in [0, 0.05) is 22.5 Å². The van der Waals surface area contributed by atoms with Crippen LogP contribution in [0, 0.1) is 0 Å². The quantitative estimate of drug-likeness (QED) is 0.372. The number of nitrogens with zero attached hydrogens (tertiary/aromatic N) is 3. The molecule has 0 aliphatic heterocycles. The summed E-state index contributed by atoms with van der Waals surface area (Å²) in [6.07, 6.45) is 7.96. The molecule has 0 atom stereocenters. The van der Waals surface area contributed by atoms with Crippen molar-refractivity contribution in [1.29, 1.82) is 0 Å². The van der Waals surface area contributed by atoms with Gasteiger partial charge in [-0.2, -0.15) is 0 Å². The van der Waals surface area contributed by atoms with Crippen LogP contribution in [-0.4, -0.2) is 14.5 Å². The Morgan fingerprint density at radius 3 is 2.54 bits per heavy atom. The maximum Gasteiger partial charge on any atom is 0.235 e. The highest BCUT2D eigenvalue weighted by molar-refractivity contribution is 6.12. The molecule has 28 heavy (non-hydrogen) atoms. The molecule has 5 aromatic rings. The highest BCUT2D eigenvalue weighted by Gasteiger charge is 2.18. The van der Waals surface area contributed by atoms with Gasteiger partial charge in [-0.15, -0.1) is 0 Å². The van der Waals surface area contributed by atoms with Gasteiger partial charge in [0.25, 0.3) is 0 Å². The lowest BCUT2D eigenvalue weighted by atomic mass is 10.0. The SMILES string of the molecule is C=Cc1c(/C=C\C)n(-c2ncc3ccccc3n2)c2ccc3ccccc3c12. The van der Waals surface area contributed by atoms with Crippen molar-refractivity contribution in [2.45, 2.75) is 6.92 Å². The Labute approximate surface area is 163 Å². The molecule has 0 unspecified atom stereocenters. The molecule has 0 aliphatic rings. The van der Waals surface area contributed by atoms with Crippen LogP contribution in [-0.2, 0) is 0 Å². The number of rotatable bonds is 3. The van der Waals surface area contributed by atoms with E-state index in [-0.39, 0.29) is 0 Å². The van der Waals surface area contributed by atoms with E-state index < -0.39 is 0 Å². The molecule has 0 bridgehead atoms. The van der Waals surface area contributed by atoms with Crippen molar-refractivity contribution >= 4 is 44.7 Å². The summed E-state index contributed by atoms with van der Waals surface area (Å²) in [5.41, 5.74) is 4.15. The van der Waals surface area contributed by atoms with E-state index in [2.05, 4.69) is 58.6 Å². The standard InChI is InChI=1S/C25H19N3/c1-3-9-22-19(4-2)24-20-12-7-5-10-17(20)14-15-23(24)28(22)25-26-16-18-11-6-8-13-21(18)27-25/h3-16H,2H2,1H3/b9-3-. The zero-order valence-electron chi connectivity index (χ0n) is 15.6. The van der Waals surface area contributed by atoms with E-state index in [1.807, 2.05) is 49.5 Å². The lowest BCUT2D eigenvalue weighted by Gasteiger charge is -2.08. The Balaban J connectivity index is 1.95. The van der Waals surface area contributed by atoms with E-state index >= 15 is 0 Å². The van der Waals surface area contributed by atoms with Crippen LogP contribution in [0.25, 0.3) is 50.7 Å². The minimum atomic E-state index is 0.667. The number of hydrogen-bond acceptors (Lipinski definition) is 2. The van der Waals surface area contributed by atoms with Crippen molar-refractivity contribution in [3.05, 3.63) is 90.8 Å². The highest BCUT2D eigenvalue weighted by Crippen LogP contribution is 2.35. The third-order valence-electron chi connectivity index (χ3n) is 5.14. The van der Waals surface area contributed by atoms with Gasteiger partial charge >= 0.3 is 0 Å². The first kappa shape index (κ1) is 16.5. The van der Waals surface area contributed by atoms with Crippen molar-refractivity contribution in [3.63, 3.8) is 0 Å². The molecule has 134 valence electrons. The largest absolute Gasteiger partial charge is 0.278 e. The number of benzene rings is 3. The average molecular weight is 361 g/mol. The predicted octanol–water partition coefficient (Wildman–Crippen LogP) is 6.40. The summed E-state index contributed by atoms with van der Waals surface area (Å²) in [5.74, 6) is 0.667. The van der Waals surface area contributed by atoms with E-state index in [1.54, 1.807) is 0 Å². The number of hydrogen-bond donors (Lipinski definition) is 0. The molecular weight excluding hydrogens is 342 g/mol. The van der Waals surface area contributed by atoms with E-state index in [0.717, 1.165) is 27.7 Å². The molecule has 3 aromatic carbocycles. The molecule has 0 radical (unpaired) electrons. The molecule has 2 aromatic heterocycles. The van der Waals surface area contributed by atoms with Crippen LogP contribution in [0.4, 0.5) is 0 Å². The van der Waals surface area contributed by atoms with Gasteiger partial charge in [-0.05, 0) is 35.9 Å². The average Bonchev–Trinajstić information content (AvgIpc) is 3.07. The van der Waals surface area contributed by atoms with Crippen LogP contribution in [0.5, 0.6) is 0 Å². The van der Waals surface area contributed by atoms with E-state index in [1.165, 1.54) is 16.2 Å². The molecule has 0 fully saturated rings. The molecule has 0 amide bonds. The Hall–Kier alpha value is -3.72. The van der Waals surface area contributed by atoms with Crippen LogP contribution in [0.1, 0.15) is 18.2 Å². The summed E-state index contributed by atoms with van der Waals surface area (Å²) in [6, 6.07) is 20.8. The van der Waals surface area contributed by atoms with Gasteiger partial charge in [-0.1, -0.05) is 67.3 Å². The molecular formula is C25H19N3. The molecule has 0 saturated carbocycles. The van der Waals surface area contributed by atoms with E-state index in [9.17, 15) is 0 Å². The summed E-state index contributed by atoms with van der Waals surface area (Å²) in [5, 5.41) is 4.63. The summed E-state index contributed by atoms with van der Waals surface area (Å²) in [7, 11) is 0. The maximum atomic E-state index is 4.85. The summed E-state index contributed by atoms with van der Waals surface area (Å²) in [6.45, 7) is 6.12. The van der Waals surface area contributed by atoms with Crippen molar-refractivity contribution in [2.24, 2.45) is 0 Å². The fraction of sp³-hybridized carbons (Fsp3) is 0.0400. The number of allylic oxidation sites excluding steroid dienone is 1. The molecule has 0 saturated heterocycles. The van der Waals surface area contributed by atoms with Crippen molar-refractivity contribution in [2.75, 3.05) is 0 Å². The van der Waals surface area contributed by atoms with Gasteiger partial charge in [-0.3, -0.25) is 4.57 Å². The zero-order chi connectivity index (χ0) is 19.1. The second-order valence-electron chi connectivity index (χ2n) is 6.75. The van der Waals surface area contributed by atoms with Crippen LogP contribution in [0.2, 0.25) is 0 Å². The van der Waals surface area contributed by atoms with Crippen LogP contribution in [0.15, 0.2) is 79.5 Å². The molecule has 0 N–H and O–H groups in total. The van der Waals surface area contributed by atoms with Gasteiger partial charge in [-0.25, -0.2) is 9.97 Å². The Kier molecular flexibility index (Phi) is 3.80. The smallest absolute Gasteiger partial charge is 0.235 e. The monoisotopic (exact) mass is 361 g/mol. The number of aromatic nitrogens is 3. The minimum absolute atomic E-state index is 0.667. The zero-order valence-corrected chi connectivity index (χ0v) is 15.6. The van der Waals surface area contributed by atoms with Gasteiger partial charge in [0.15, 0.2) is 0 Å². The molecule has 3 heteroatoms. The summed E-state index contributed by atoms with van der Waals surface area (Å²) < 4.78 is 2.13. The molecule has 3 nitrogen and oxygen atoms in total. The molecule has 5 rings (SSSR count). The predicted molar refractivity (Wildman–Crippen MR) is 119 cm³/mol. The van der Waals surface area contributed by atoms with E-state index in [4.69, 9.17) is 4.98 Å². The van der Waals surface area contributed by atoms with Gasteiger partial charge in [0.2, 0.25) is 5.95 Å². The van der Waals surface area contributed by atoms with E-state index in [0.29, 0.717) is 5.95 Å². The van der Waals surface area contributed by atoms with Gasteiger partial charge in [0.05, 0.1) is 16.7 Å². The Morgan fingerprint density at radius 1 is 0.929 bits per heavy atom. The highest BCUT2D eigenvalue weighted by atomic mass is 15.2. The Morgan fingerprint density at radius 2 is 1.71 bits per heavy atom. The van der Waals surface area contributed by atoms with Gasteiger partial charge in [0.1, 0.15) is 0 Å². The molecule has 2 heterocycles. The normalized spacial score (nSPS) is 11.8. The molecule has 0 aliphatic carbocycles. The number of fused-ring (bicyclic) bond motifs is 4. The molecule has 0 spiro atoms. The van der Waals surface area contributed by atoms with Crippen molar-refractivity contribution < 1.29 is 0 Å².